The first kappa shape index (κ1) is 18.4. The molecule has 0 heterocycles. The van der Waals surface area contributed by atoms with Crippen molar-refractivity contribution in [1.29, 1.82) is 0 Å². The van der Waals surface area contributed by atoms with Gasteiger partial charge in [0.05, 0.1) is 5.69 Å². The topological polar surface area (TPSA) is 135 Å². The van der Waals surface area contributed by atoms with E-state index in [-0.39, 0.29) is 27.8 Å². The van der Waals surface area contributed by atoms with Gasteiger partial charge in [0, 0.05) is 5.02 Å². The Bertz CT molecular complexity index is 614. The van der Waals surface area contributed by atoms with E-state index in [4.69, 9.17) is 27.0 Å². The Morgan fingerprint density at radius 3 is 2.15 bits per heavy atom. The van der Waals surface area contributed by atoms with Crippen LogP contribution in [0, 0.1) is 6.92 Å². The smallest absolute Gasteiger partial charge is 0.310 e. The first-order chi connectivity index (χ1) is 8.95. The van der Waals surface area contributed by atoms with E-state index in [0.29, 0.717) is 5.56 Å². The molecule has 20 heavy (non-hydrogen) atoms. The van der Waals surface area contributed by atoms with Crippen LogP contribution in [0.25, 0.3) is 0 Å². The summed E-state index contributed by atoms with van der Waals surface area (Å²) in [5, 5.41) is 8.11. The summed E-state index contributed by atoms with van der Waals surface area (Å²) in [6.45, 7) is 2.93. The third-order valence-electron chi connectivity index (χ3n) is 1.97. The summed E-state index contributed by atoms with van der Waals surface area (Å²) >= 11 is 5.66. The molecule has 112 valence electrons. The Hall–Kier alpha value is -1.64. The van der Waals surface area contributed by atoms with Gasteiger partial charge in [-0.15, -0.1) is 0 Å². The van der Waals surface area contributed by atoms with E-state index < -0.39 is 16.1 Å². The maximum Gasteiger partial charge on any atom is 0.310 e. The van der Waals surface area contributed by atoms with Gasteiger partial charge in [-0.25, -0.2) is 0 Å². The van der Waals surface area contributed by atoms with E-state index in [9.17, 15) is 18.0 Å². The average Bonchev–Trinajstić information content (AvgIpc) is 2.20. The van der Waals surface area contributed by atoms with Crippen molar-refractivity contribution in [1.82, 2.24) is 0 Å². The van der Waals surface area contributed by atoms with Gasteiger partial charge in [0.15, 0.2) is 0 Å². The van der Waals surface area contributed by atoms with E-state index in [1.54, 1.807) is 6.92 Å². The Labute approximate surface area is 121 Å². The molecule has 9 heteroatoms. The molecular formula is C11H14ClNO6S. The molecule has 0 unspecified atom stereocenters. The van der Waals surface area contributed by atoms with Crippen LogP contribution in [0.2, 0.25) is 5.02 Å². The van der Waals surface area contributed by atoms with E-state index in [1.165, 1.54) is 13.0 Å². The maximum absolute atomic E-state index is 10.7. The van der Waals surface area contributed by atoms with Crippen LogP contribution >= 0.6 is 11.6 Å². The number of anilines is 1. The lowest BCUT2D eigenvalue weighted by atomic mass is 10.2. The number of nitrogens with two attached hydrogens (primary N) is 1. The minimum atomic E-state index is -4.28. The SMILES string of the molecule is CC(=O)CC(=O)O.Cc1cc(N)c(S(=O)(=O)O)cc1Cl. The number of carboxylic acids is 1. The van der Waals surface area contributed by atoms with Crippen molar-refractivity contribution in [3.8, 4) is 0 Å². The molecule has 0 aliphatic carbocycles. The average molecular weight is 324 g/mol. The van der Waals surface area contributed by atoms with Gasteiger partial charge in [-0.1, -0.05) is 11.6 Å². The summed E-state index contributed by atoms with van der Waals surface area (Å²) in [4.78, 5) is 19.1. The molecule has 1 rings (SSSR count). The Kier molecular flexibility index (Phi) is 6.63. The lowest BCUT2D eigenvalue weighted by molar-refractivity contribution is -0.139. The third-order valence-corrected chi connectivity index (χ3v) is 3.29. The molecule has 0 aliphatic rings. The van der Waals surface area contributed by atoms with Crippen LogP contribution in [0.15, 0.2) is 17.0 Å². The largest absolute Gasteiger partial charge is 0.481 e. The number of carboxylic acid groups (broad SMARTS) is 1. The zero-order valence-corrected chi connectivity index (χ0v) is 12.3. The second-order valence-electron chi connectivity index (χ2n) is 3.89. The summed E-state index contributed by atoms with van der Waals surface area (Å²) < 4.78 is 30.2. The Morgan fingerprint density at radius 2 is 1.85 bits per heavy atom. The highest BCUT2D eigenvalue weighted by Gasteiger charge is 2.15. The van der Waals surface area contributed by atoms with Crippen LogP contribution in [-0.2, 0) is 19.7 Å². The van der Waals surface area contributed by atoms with Gasteiger partial charge in [-0.2, -0.15) is 8.42 Å². The molecule has 4 N–H and O–H groups in total. The van der Waals surface area contributed by atoms with Gasteiger partial charge in [0.2, 0.25) is 0 Å². The zero-order valence-electron chi connectivity index (χ0n) is 10.8. The van der Waals surface area contributed by atoms with Crippen molar-refractivity contribution in [2.75, 3.05) is 5.73 Å². The van der Waals surface area contributed by atoms with Gasteiger partial charge < -0.3 is 10.8 Å². The third kappa shape index (κ3) is 6.50. The number of nitrogen functional groups attached to an aromatic ring is 1. The van der Waals surface area contributed by atoms with Gasteiger partial charge in [-0.3, -0.25) is 14.1 Å². The van der Waals surface area contributed by atoms with Crippen LogP contribution in [0.5, 0.6) is 0 Å². The highest BCUT2D eigenvalue weighted by molar-refractivity contribution is 7.86. The molecule has 0 radical (unpaired) electrons. The number of hydrogen-bond acceptors (Lipinski definition) is 5. The molecule has 1 aromatic carbocycles. The quantitative estimate of drug-likeness (QED) is 0.436. The van der Waals surface area contributed by atoms with Crippen LogP contribution in [0.1, 0.15) is 18.9 Å². The molecule has 0 saturated carbocycles. The molecule has 0 amide bonds. The first-order valence-corrected chi connectivity index (χ1v) is 7.01. The molecule has 7 nitrogen and oxygen atoms in total. The predicted molar refractivity (Wildman–Crippen MR) is 73.3 cm³/mol. The monoisotopic (exact) mass is 323 g/mol. The number of carbonyl (C=O) groups is 2. The number of aryl methyl sites for hydroxylation is 1. The van der Waals surface area contributed by atoms with Crippen LogP contribution < -0.4 is 5.73 Å². The number of ketones is 1. The lowest BCUT2D eigenvalue weighted by Crippen LogP contribution is -2.03. The summed E-state index contributed by atoms with van der Waals surface area (Å²) in [5.74, 6) is -1.37. The number of hydrogen-bond donors (Lipinski definition) is 3. The van der Waals surface area contributed by atoms with Crippen molar-refractivity contribution < 1.29 is 27.7 Å². The van der Waals surface area contributed by atoms with E-state index in [1.807, 2.05) is 0 Å². The minimum Gasteiger partial charge on any atom is -0.481 e. The van der Waals surface area contributed by atoms with Crippen molar-refractivity contribution in [3.05, 3.63) is 22.7 Å². The number of Topliss-reactive ketones (excluding diaryl/α,β-unsaturated/α-hetero) is 1. The minimum absolute atomic E-state index is 0.00981. The van der Waals surface area contributed by atoms with Crippen LogP contribution in [-0.4, -0.2) is 29.8 Å². The summed E-state index contributed by atoms with van der Waals surface area (Å²) in [6.07, 6.45) is -0.361. The predicted octanol–water partition coefficient (Wildman–Crippen LogP) is 1.53. The fourth-order valence-corrected chi connectivity index (χ4v) is 1.97. The molecule has 0 aliphatic heterocycles. The normalized spacial score (nSPS) is 10.4. The van der Waals surface area contributed by atoms with E-state index >= 15 is 0 Å². The van der Waals surface area contributed by atoms with Crippen molar-refractivity contribution in [2.45, 2.75) is 25.2 Å². The number of carbonyl (C=O) groups excluding carboxylic acids is 1. The lowest BCUT2D eigenvalue weighted by Gasteiger charge is -2.04. The number of benzene rings is 1. The molecular weight excluding hydrogens is 310 g/mol. The van der Waals surface area contributed by atoms with Crippen LogP contribution in [0.3, 0.4) is 0 Å². The summed E-state index contributed by atoms with van der Waals surface area (Å²) in [7, 11) is -4.28. The standard InChI is InChI=1S/C7H8ClNO3S.C4H6O3/c1-4-2-6(9)7(3-5(4)8)13(10,11)12;1-3(5)2-4(6)7/h2-3H,9H2,1H3,(H,10,11,12);2H2,1H3,(H,6,7). The summed E-state index contributed by atoms with van der Waals surface area (Å²) in [5.41, 5.74) is 6.03. The number of rotatable bonds is 3. The van der Waals surface area contributed by atoms with Crippen molar-refractivity contribution in [2.24, 2.45) is 0 Å². The van der Waals surface area contributed by atoms with Gasteiger partial charge in [0.1, 0.15) is 17.1 Å². The Morgan fingerprint density at radius 1 is 1.35 bits per heavy atom. The van der Waals surface area contributed by atoms with Crippen molar-refractivity contribution >= 4 is 39.2 Å². The molecule has 0 aromatic heterocycles. The van der Waals surface area contributed by atoms with Crippen LogP contribution in [0.4, 0.5) is 5.69 Å². The van der Waals surface area contributed by atoms with Gasteiger partial charge in [0.25, 0.3) is 10.1 Å². The molecule has 0 saturated heterocycles. The summed E-state index contributed by atoms with van der Waals surface area (Å²) in [6, 6.07) is 2.52. The second-order valence-corrected chi connectivity index (χ2v) is 5.68. The van der Waals surface area contributed by atoms with Gasteiger partial charge in [-0.05, 0) is 31.5 Å². The molecule has 0 spiro atoms. The molecule has 1 aromatic rings. The van der Waals surface area contributed by atoms with Crippen molar-refractivity contribution in [3.63, 3.8) is 0 Å². The highest BCUT2D eigenvalue weighted by atomic mass is 35.5. The van der Waals surface area contributed by atoms with Gasteiger partial charge >= 0.3 is 5.97 Å². The fraction of sp³-hybridized carbons (Fsp3) is 0.273. The number of halogens is 1. The maximum atomic E-state index is 10.7. The number of aliphatic carboxylic acids is 1. The zero-order chi connectivity index (χ0) is 16.1. The first-order valence-electron chi connectivity index (χ1n) is 5.19. The molecule has 0 fully saturated rings. The second kappa shape index (κ2) is 7.22. The molecule has 0 atom stereocenters. The highest BCUT2D eigenvalue weighted by Crippen LogP contribution is 2.25. The fourth-order valence-electron chi connectivity index (χ4n) is 1.12. The molecule has 0 bridgehead atoms. The Balaban J connectivity index is 0.000000441. The van der Waals surface area contributed by atoms with E-state index in [2.05, 4.69) is 0 Å². The van der Waals surface area contributed by atoms with E-state index in [0.717, 1.165) is 6.07 Å².